The molecular weight excluding hydrogens is 447 g/mol. The van der Waals surface area contributed by atoms with Crippen LogP contribution >= 0.6 is 0 Å². The summed E-state index contributed by atoms with van der Waals surface area (Å²) in [5.74, 6) is -2.53. The number of halogens is 1. The van der Waals surface area contributed by atoms with Crippen molar-refractivity contribution in [2.24, 2.45) is 28.1 Å². The number of nitrogens with one attached hydrogen (secondary N) is 1. The highest BCUT2D eigenvalue weighted by Gasteiger charge is 2.60. The van der Waals surface area contributed by atoms with Gasteiger partial charge in [0.1, 0.15) is 16.5 Å². The number of benzene rings is 1. The van der Waals surface area contributed by atoms with Gasteiger partial charge in [0, 0.05) is 24.7 Å². The molecule has 8 nitrogen and oxygen atoms in total. The maximum Gasteiger partial charge on any atom is 0.287 e. The highest BCUT2D eigenvalue weighted by molar-refractivity contribution is 7.90. The Morgan fingerprint density at radius 3 is 2.64 bits per heavy atom. The molecule has 170 valence electrons. The van der Waals surface area contributed by atoms with E-state index < -0.39 is 21.8 Å². The van der Waals surface area contributed by atoms with Crippen molar-refractivity contribution in [3.63, 3.8) is 0 Å². The van der Waals surface area contributed by atoms with Gasteiger partial charge in [-0.2, -0.15) is 8.42 Å². The first kappa shape index (κ1) is 20.5. The van der Waals surface area contributed by atoms with Gasteiger partial charge in [0.05, 0.1) is 0 Å². The van der Waals surface area contributed by atoms with Crippen LogP contribution in [0.25, 0.3) is 0 Å². The fourth-order valence-electron chi connectivity index (χ4n) is 6.10. The number of anilines is 1. The second kappa shape index (κ2) is 7.18. The highest BCUT2D eigenvalue weighted by Crippen LogP contribution is 2.54. The summed E-state index contributed by atoms with van der Waals surface area (Å²) < 4.78 is 42.8. The van der Waals surface area contributed by atoms with Crippen molar-refractivity contribution in [2.75, 3.05) is 5.32 Å². The van der Waals surface area contributed by atoms with Crippen LogP contribution in [0.4, 0.5) is 10.2 Å². The van der Waals surface area contributed by atoms with Crippen LogP contribution in [0.2, 0.25) is 0 Å². The molecule has 1 amide bonds. The number of fused-ring (bicyclic) bond motifs is 6. The van der Waals surface area contributed by atoms with Gasteiger partial charge in [-0.15, -0.1) is 4.40 Å². The molecule has 33 heavy (non-hydrogen) atoms. The minimum atomic E-state index is -4.10. The molecule has 2 aromatic rings. The van der Waals surface area contributed by atoms with E-state index in [0.717, 1.165) is 24.8 Å². The van der Waals surface area contributed by atoms with Gasteiger partial charge in [-0.05, 0) is 60.9 Å². The number of pyridine rings is 1. The summed E-state index contributed by atoms with van der Waals surface area (Å²) in [4.78, 5) is 33.1. The second-order valence-electron chi connectivity index (χ2n) is 9.20. The smallest absolute Gasteiger partial charge is 0.287 e. The molecule has 0 spiro atoms. The average molecular weight is 469 g/mol. The van der Waals surface area contributed by atoms with Crippen molar-refractivity contribution in [3.8, 4) is 0 Å². The molecule has 1 N–H and O–H groups in total. The number of ketones is 1. The standard InChI is InChI=1S/C23H21FN4O4S/c24-15-7-3-12(4-8-15)11-28-19-14-6-5-13(10-14)17(19)20(29)18(23(28)30)22-26-21-16(2-1-9-25-21)33(31,32)27-22/h1-4,7-9,13-14,17-19H,5-6,10-11H2,(H,25,26,27)/t13-,14+,17+,18?,19-/m0/s1. The Balaban J connectivity index is 1.41. The number of likely N-dealkylation sites (tertiary alicyclic amines) is 1. The number of hydrogen-bond acceptors (Lipinski definition) is 6. The predicted octanol–water partition coefficient (Wildman–Crippen LogP) is 2.38. The van der Waals surface area contributed by atoms with E-state index in [1.165, 1.54) is 30.5 Å². The molecule has 1 aromatic heterocycles. The van der Waals surface area contributed by atoms with Crippen molar-refractivity contribution in [3.05, 3.63) is 54.0 Å². The van der Waals surface area contributed by atoms with E-state index in [4.69, 9.17) is 0 Å². The third kappa shape index (κ3) is 3.11. The fraction of sp³-hybridized carbons (Fsp3) is 0.391. The van der Waals surface area contributed by atoms with E-state index >= 15 is 0 Å². The predicted molar refractivity (Wildman–Crippen MR) is 116 cm³/mol. The molecule has 1 saturated heterocycles. The van der Waals surface area contributed by atoms with Crippen molar-refractivity contribution in [1.82, 2.24) is 9.88 Å². The minimum Gasteiger partial charge on any atom is -0.333 e. The normalized spacial score (nSPS) is 31.6. The van der Waals surface area contributed by atoms with Crippen molar-refractivity contribution in [1.29, 1.82) is 0 Å². The number of aromatic nitrogens is 1. The average Bonchev–Trinajstić information content (AvgIpc) is 3.40. The SMILES string of the molecule is O=C1C(C2=NS(=O)(=O)c3cccnc3N2)C(=O)N(Cc2ccc(F)cc2)[C@H]2[C@@H]3CC[C@@H](C3)[C@@H]12. The van der Waals surface area contributed by atoms with Crippen LogP contribution in [0.3, 0.4) is 0 Å². The van der Waals surface area contributed by atoms with Gasteiger partial charge < -0.3 is 10.2 Å². The van der Waals surface area contributed by atoms with Crippen LogP contribution in [-0.2, 0) is 26.2 Å². The van der Waals surface area contributed by atoms with Gasteiger partial charge >= 0.3 is 0 Å². The van der Waals surface area contributed by atoms with Gasteiger partial charge in [-0.1, -0.05) is 12.1 Å². The maximum atomic E-state index is 13.7. The van der Waals surface area contributed by atoms with Gasteiger partial charge in [0.25, 0.3) is 10.0 Å². The number of sulfonamides is 1. The van der Waals surface area contributed by atoms with Crippen molar-refractivity contribution >= 4 is 33.4 Å². The lowest BCUT2D eigenvalue weighted by Gasteiger charge is -2.45. The lowest BCUT2D eigenvalue weighted by molar-refractivity contribution is -0.153. The summed E-state index contributed by atoms with van der Waals surface area (Å²) in [7, 11) is -4.10. The Morgan fingerprint density at radius 1 is 1.09 bits per heavy atom. The van der Waals surface area contributed by atoms with E-state index in [9.17, 15) is 22.4 Å². The van der Waals surface area contributed by atoms with Crippen LogP contribution < -0.4 is 5.32 Å². The molecule has 0 radical (unpaired) electrons. The third-order valence-corrected chi connectivity index (χ3v) is 8.75. The van der Waals surface area contributed by atoms with E-state index in [1.54, 1.807) is 17.0 Å². The van der Waals surface area contributed by atoms with Gasteiger partial charge in [0.15, 0.2) is 17.5 Å². The van der Waals surface area contributed by atoms with Gasteiger partial charge in [0.2, 0.25) is 5.91 Å². The third-order valence-electron chi connectivity index (χ3n) is 7.43. The number of amidine groups is 1. The Morgan fingerprint density at radius 2 is 1.85 bits per heavy atom. The Kier molecular flexibility index (Phi) is 4.45. The number of carbonyl (C=O) groups excluding carboxylic acids is 2. The Bertz CT molecular complexity index is 1310. The van der Waals surface area contributed by atoms with Crippen LogP contribution in [-0.4, -0.2) is 41.9 Å². The zero-order valence-corrected chi connectivity index (χ0v) is 18.3. The highest BCUT2D eigenvalue weighted by atomic mass is 32.2. The number of hydrogen-bond donors (Lipinski definition) is 1. The first-order valence-corrected chi connectivity index (χ1v) is 12.4. The summed E-state index contributed by atoms with van der Waals surface area (Å²) in [6.07, 6.45) is 4.19. The molecule has 4 aliphatic rings. The number of carbonyl (C=O) groups is 2. The quantitative estimate of drug-likeness (QED) is 0.693. The minimum absolute atomic E-state index is 0.0586. The lowest BCUT2D eigenvalue weighted by Crippen LogP contribution is -2.61. The van der Waals surface area contributed by atoms with Crippen LogP contribution in [0, 0.1) is 29.5 Å². The van der Waals surface area contributed by atoms with Crippen molar-refractivity contribution < 1.29 is 22.4 Å². The number of piperidine rings is 1. The molecule has 6 rings (SSSR count). The Labute approximate surface area is 190 Å². The van der Waals surface area contributed by atoms with E-state index in [1.807, 2.05) is 0 Å². The molecule has 1 unspecified atom stereocenters. The van der Waals surface area contributed by atoms with Gasteiger partial charge in [-0.3, -0.25) is 9.59 Å². The molecule has 2 saturated carbocycles. The fourth-order valence-corrected chi connectivity index (χ4v) is 7.21. The maximum absolute atomic E-state index is 13.7. The van der Waals surface area contributed by atoms with Crippen LogP contribution in [0.5, 0.6) is 0 Å². The van der Waals surface area contributed by atoms with E-state index in [2.05, 4.69) is 14.7 Å². The van der Waals surface area contributed by atoms with E-state index in [-0.39, 0.29) is 58.5 Å². The lowest BCUT2D eigenvalue weighted by atomic mass is 9.73. The number of Topliss-reactive ketones (excluding diaryl/α,β-unsaturated/α-hetero) is 1. The summed E-state index contributed by atoms with van der Waals surface area (Å²) in [6, 6.07) is 8.56. The first-order chi connectivity index (χ1) is 15.8. The molecular formula is C23H21FN4O4S. The zero-order chi connectivity index (χ0) is 22.9. The molecule has 3 fully saturated rings. The largest absolute Gasteiger partial charge is 0.333 e. The second-order valence-corrected chi connectivity index (χ2v) is 10.8. The number of nitrogens with zero attached hydrogens (tertiary/aromatic N) is 3. The molecule has 10 heteroatoms. The van der Waals surface area contributed by atoms with Crippen LogP contribution in [0.15, 0.2) is 51.9 Å². The Hall–Kier alpha value is -3.14. The summed E-state index contributed by atoms with van der Waals surface area (Å²) >= 11 is 0. The summed E-state index contributed by atoms with van der Waals surface area (Å²) in [5, 5.41) is 2.84. The van der Waals surface area contributed by atoms with Crippen molar-refractivity contribution in [2.45, 2.75) is 36.7 Å². The number of amides is 1. The van der Waals surface area contributed by atoms with E-state index in [0.29, 0.717) is 0 Å². The molecule has 2 aliphatic heterocycles. The first-order valence-electron chi connectivity index (χ1n) is 11.0. The molecule has 5 atom stereocenters. The molecule has 3 heterocycles. The topological polar surface area (TPSA) is 109 Å². The molecule has 1 aromatic carbocycles. The number of rotatable bonds is 3. The van der Waals surface area contributed by atoms with Crippen LogP contribution in [0.1, 0.15) is 24.8 Å². The summed E-state index contributed by atoms with van der Waals surface area (Å²) in [5.41, 5.74) is 0.748. The summed E-state index contributed by atoms with van der Waals surface area (Å²) in [6.45, 7) is 0.224. The monoisotopic (exact) mass is 468 g/mol. The molecule has 2 aliphatic carbocycles. The van der Waals surface area contributed by atoms with Gasteiger partial charge in [-0.25, -0.2) is 9.37 Å². The molecule has 2 bridgehead atoms. The zero-order valence-electron chi connectivity index (χ0n) is 17.5.